The quantitative estimate of drug-likeness (QED) is 0.777. The molecule has 0 saturated carbocycles. The van der Waals surface area contributed by atoms with E-state index >= 15 is 0 Å². The Bertz CT molecular complexity index is 365. The first kappa shape index (κ1) is 14.7. The average molecular weight is 248 g/mol. The van der Waals surface area contributed by atoms with Crippen molar-refractivity contribution in [3.05, 3.63) is 35.4 Å². The summed E-state index contributed by atoms with van der Waals surface area (Å²) in [7, 11) is 0. The molecule has 0 heterocycles. The van der Waals surface area contributed by atoms with Gasteiger partial charge in [0.1, 0.15) is 0 Å². The lowest BCUT2D eigenvalue weighted by atomic mass is 9.94. The van der Waals surface area contributed by atoms with Crippen LogP contribution in [0.2, 0.25) is 0 Å². The molecule has 0 bridgehead atoms. The molecule has 0 aliphatic heterocycles. The van der Waals surface area contributed by atoms with E-state index in [0.717, 1.165) is 12.3 Å². The Kier molecular flexibility index (Phi) is 5.90. The fourth-order valence-electron chi connectivity index (χ4n) is 2.16. The summed E-state index contributed by atoms with van der Waals surface area (Å²) in [5.41, 5.74) is 1.60. The van der Waals surface area contributed by atoms with Crippen LogP contribution in [-0.2, 0) is 6.42 Å². The topological polar surface area (TPSA) is 37.3 Å². The molecule has 1 aromatic rings. The fraction of sp³-hybridized carbons (Fsp3) is 0.562. The lowest BCUT2D eigenvalue weighted by molar-refractivity contribution is 0.0697. The standard InChI is InChI=1S/C16H24O2/c1-12(2)5-4-6-13(3)11-14-7-9-15(10-8-14)16(17)18/h7-10,12-13H,4-6,11H2,1-3H3,(H,17,18)/t13-/m0/s1. The minimum Gasteiger partial charge on any atom is -0.478 e. The van der Waals surface area contributed by atoms with Crippen molar-refractivity contribution < 1.29 is 9.90 Å². The monoisotopic (exact) mass is 248 g/mol. The molecule has 0 unspecified atom stereocenters. The second-order valence-corrected chi connectivity index (χ2v) is 5.64. The summed E-state index contributed by atoms with van der Waals surface area (Å²) in [5.74, 6) is 0.595. The molecule has 1 rings (SSSR count). The second-order valence-electron chi connectivity index (χ2n) is 5.64. The summed E-state index contributed by atoms with van der Waals surface area (Å²) in [6, 6.07) is 7.25. The van der Waals surface area contributed by atoms with Gasteiger partial charge in [-0.2, -0.15) is 0 Å². The van der Waals surface area contributed by atoms with Crippen LogP contribution in [0.15, 0.2) is 24.3 Å². The summed E-state index contributed by atoms with van der Waals surface area (Å²) in [6.07, 6.45) is 4.87. The molecule has 0 spiro atoms. The predicted octanol–water partition coefficient (Wildman–Crippen LogP) is 4.39. The molecule has 0 fully saturated rings. The van der Waals surface area contributed by atoms with Gasteiger partial charge in [0.05, 0.1) is 5.56 Å². The Morgan fingerprint density at radius 2 is 1.72 bits per heavy atom. The highest BCUT2D eigenvalue weighted by Gasteiger charge is 2.06. The zero-order valence-electron chi connectivity index (χ0n) is 11.6. The molecule has 0 aliphatic carbocycles. The van der Waals surface area contributed by atoms with Gasteiger partial charge in [-0.1, -0.05) is 52.2 Å². The number of aromatic carboxylic acids is 1. The molecule has 1 aromatic carbocycles. The summed E-state index contributed by atoms with van der Waals surface area (Å²) < 4.78 is 0. The number of benzene rings is 1. The summed E-state index contributed by atoms with van der Waals surface area (Å²) in [4.78, 5) is 10.7. The van der Waals surface area contributed by atoms with Gasteiger partial charge in [-0.3, -0.25) is 0 Å². The number of rotatable bonds is 7. The van der Waals surface area contributed by atoms with Crippen molar-refractivity contribution in [2.45, 2.75) is 46.5 Å². The zero-order chi connectivity index (χ0) is 13.5. The molecular weight excluding hydrogens is 224 g/mol. The normalized spacial score (nSPS) is 12.7. The molecule has 0 radical (unpaired) electrons. The molecule has 0 saturated heterocycles. The van der Waals surface area contributed by atoms with Gasteiger partial charge in [-0.15, -0.1) is 0 Å². The van der Waals surface area contributed by atoms with Gasteiger partial charge >= 0.3 is 5.97 Å². The third-order valence-electron chi connectivity index (χ3n) is 3.26. The van der Waals surface area contributed by atoms with Crippen molar-refractivity contribution in [2.24, 2.45) is 11.8 Å². The second kappa shape index (κ2) is 7.20. The number of carboxylic acids is 1. The Morgan fingerprint density at radius 3 is 2.22 bits per heavy atom. The van der Waals surface area contributed by atoms with E-state index in [1.807, 2.05) is 12.1 Å². The molecule has 0 aliphatic rings. The van der Waals surface area contributed by atoms with E-state index < -0.39 is 5.97 Å². The summed E-state index contributed by atoms with van der Waals surface area (Å²) in [5, 5.41) is 8.83. The number of hydrogen-bond acceptors (Lipinski definition) is 1. The maximum Gasteiger partial charge on any atom is 0.335 e. The molecule has 1 atom stereocenters. The maximum absolute atomic E-state index is 10.7. The van der Waals surface area contributed by atoms with Crippen LogP contribution >= 0.6 is 0 Å². The summed E-state index contributed by atoms with van der Waals surface area (Å²) in [6.45, 7) is 6.79. The van der Waals surface area contributed by atoms with Crippen LogP contribution in [-0.4, -0.2) is 11.1 Å². The number of carbonyl (C=O) groups is 1. The van der Waals surface area contributed by atoms with E-state index in [2.05, 4.69) is 20.8 Å². The van der Waals surface area contributed by atoms with E-state index in [-0.39, 0.29) is 0 Å². The van der Waals surface area contributed by atoms with E-state index in [9.17, 15) is 4.79 Å². The SMILES string of the molecule is CC(C)CCC[C@H](C)Cc1ccc(C(=O)O)cc1. The molecule has 0 aromatic heterocycles. The third kappa shape index (κ3) is 5.35. The van der Waals surface area contributed by atoms with Crippen LogP contribution in [0, 0.1) is 11.8 Å². The van der Waals surface area contributed by atoms with Crippen molar-refractivity contribution in [3.63, 3.8) is 0 Å². The molecule has 0 amide bonds. The van der Waals surface area contributed by atoms with Crippen LogP contribution in [0.25, 0.3) is 0 Å². The van der Waals surface area contributed by atoms with Crippen LogP contribution < -0.4 is 0 Å². The largest absolute Gasteiger partial charge is 0.478 e. The van der Waals surface area contributed by atoms with E-state index in [4.69, 9.17) is 5.11 Å². The molecule has 18 heavy (non-hydrogen) atoms. The molecule has 1 N–H and O–H groups in total. The van der Waals surface area contributed by atoms with Gasteiger partial charge in [-0.25, -0.2) is 4.79 Å². The molecule has 100 valence electrons. The van der Waals surface area contributed by atoms with E-state index in [1.54, 1.807) is 12.1 Å². The van der Waals surface area contributed by atoms with Crippen molar-refractivity contribution in [1.29, 1.82) is 0 Å². The Hall–Kier alpha value is -1.31. The van der Waals surface area contributed by atoms with Crippen LogP contribution in [0.4, 0.5) is 0 Å². The first-order valence-electron chi connectivity index (χ1n) is 6.81. The Balaban J connectivity index is 2.39. The smallest absolute Gasteiger partial charge is 0.335 e. The summed E-state index contributed by atoms with van der Waals surface area (Å²) >= 11 is 0. The highest BCUT2D eigenvalue weighted by molar-refractivity contribution is 5.87. The first-order chi connectivity index (χ1) is 8.49. The van der Waals surface area contributed by atoms with Crippen LogP contribution in [0.5, 0.6) is 0 Å². The molecule has 2 heteroatoms. The van der Waals surface area contributed by atoms with E-state index in [1.165, 1.54) is 24.8 Å². The zero-order valence-corrected chi connectivity index (χ0v) is 11.6. The highest BCUT2D eigenvalue weighted by atomic mass is 16.4. The van der Waals surface area contributed by atoms with Gasteiger partial charge < -0.3 is 5.11 Å². The fourth-order valence-corrected chi connectivity index (χ4v) is 2.16. The highest BCUT2D eigenvalue weighted by Crippen LogP contribution is 2.17. The van der Waals surface area contributed by atoms with E-state index in [0.29, 0.717) is 11.5 Å². The average Bonchev–Trinajstić information content (AvgIpc) is 2.29. The third-order valence-corrected chi connectivity index (χ3v) is 3.26. The lowest BCUT2D eigenvalue weighted by Gasteiger charge is -2.12. The van der Waals surface area contributed by atoms with Crippen molar-refractivity contribution >= 4 is 5.97 Å². The predicted molar refractivity (Wildman–Crippen MR) is 75.0 cm³/mol. The maximum atomic E-state index is 10.7. The van der Waals surface area contributed by atoms with Gasteiger partial charge in [0.25, 0.3) is 0 Å². The number of carboxylic acid groups (broad SMARTS) is 1. The van der Waals surface area contributed by atoms with Crippen molar-refractivity contribution in [1.82, 2.24) is 0 Å². The van der Waals surface area contributed by atoms with Crippen molar-refractivity contribution in [2.75, 3.05) is 0 Å². The minimum atomic E-state index is -0.855. The Labute approximate surface area is 110 Å². The van der Waals surface area contributed by atoms with Gasteiger partial charge in [0.2, 0.25) is 0 Å². The number of hydrogen-bond donors (Lipinski definition) is 1. The van der Waals surface area contributed by atoms with Crippen LogP contribution in [0.3, 0.4) is 0 Å². The van der Waals surface area contributed by atoms with Gasteiger partial charge in [0.15, 0.2) is 0 Å². The van der Waals surface area contributed by atoms with Crippen LogP contribution in [0.1, 0.15) is 56.0 Å². The molecular formula is C16H24O2. The van der Waals surface area contributed by atoms with Gasteiger partial charge in [0, 0.05) is 0 Å². The van der Waals surface area contributed by atoms with Crippen molar-refractivity contribution in [3.8, 4) is 0 Å². The Morgan fingerprint density at radius 1 is 1.11 bits per heavy atom. The molecule has 2 nitrogen and oxygen atoms in total. The minimum absolute atomic E-state index is 0.367. The lowest BCUT2D eigenvalue weighted by Crippen LogP contribution is -2.02. The first-order valence-corrected chi connectivity index (χ1v) is 6.81. The van der Waals surface area contributed by atoms with Gasteiger partial charge in [-0.05, 0) is 36.0 Å².